The Hall–Kier alpha value is -2.53. The van der Waals surface area contributed by atoms with E-state index in [1.54, 1.807) is 11.1 Å². The molecule has 4 rings (SSSR count). The second-order valence-corrected chi connectivity index (χ2v) is 9.75. The molecule has 0 radical (unpaired) electrons. The van der Waals surface area contributed by atoms with Gasteiger partial charge in [0.25, 0.3) is 5.91 Å². The zero-order valence-corrected chi connectivity index (χ0v) is 18.0. The Kier molecular flexibility index (Phi) is 5.74. The van der Waals surface area contributed by atoms with Gasteiger partial charge in [-0.1, -0.05) is 0 Å². The molecule has 0 aromatic carbocycles. The van der Waals surface area contributed by atoms with Crippen LogP contribution in [0, 0.1) is 6.92 Å². The van der Waals surface area contributed by atoms with Gasteiger partial charge in [-0.05, 0) is 19.8 Å². The number of aromatic amines is 1. The lowest BCUT2D eigenvalue weighted by Crippen LogP contribution is -2.39. The summed E-state index contributed by atoms with van der Waals surface area (Å²) in [4.78, 5) is 25.7. The highest BCUT2D eigenvalue weighted by molar-refractivity contribution is 7.90. The van der Waals surface area contributed by atoms with Gasteiger partial charge in [0.1, 0.15) is 4.90 Å². The van der Waals surface area contributed by atoms with Crippen LogP contribution in [0.15, 0.2) is 17.3 Å². The number of morpholine rings is 1. The van der Waals surface area contributed by atoms with Crippen LogP contribution in [0.3, 0.4) is 0 Å². The van der Waals surface area contributed by atoms with Gasteiger partial charge >= 0.3 is 0 Å². The summed E-state index contributed by atoms with van der Waals surface area (Å²) in [5, 5.41) is 6.71. The molecule has 2 fully saturated rings. The van der Waals surface area contributed by atoms with Gasteiger partial charge in [-0.25, -0.2) is 18.4 Å². The van der Waals surface area contributed by atoms with E-state index in [-0.39, 0.29) is 16.7 Å². The van der Waals surface area contributed by atoms with Crippen LogP contribution in [0.2, 0.25) is 0 Å². The normalized spacial score (nSPS) is 18.6. The molecule has 0 aliphatic carbocycles. The highest BCUT2D eigenvalue weighted by Gasteiger charge is 2.31. The predicted molar refractivity (Wildman–Crippen MR) is 109 cm³/mol. The molecule has 2 aromatic rings. The average molecular weight is 435 g/mol. The van der Waals surface area contributed by atoms with Gasteiger partial charge in [-0.3, -0.25) is 9.89 Å². The Morgan fingerprint density at radius 2 is 1.87 bits per heavy atom. The summed E-state index contributed by atoms with van der Waals surface area (Å²) in [6.07, 6.45) is 5.44. The van der Waals surface area contributed by atoms with E-state index in [9.17, 15) is 13.2 Å². The van der Waals surface area contributed by atoms with Crippen molar-refractivity contribution in [2.24, 2.45) is 0 Å². The number of carbonyl (C=O) groups is 1. The van der Waals surface area contributed by atoms with Crippen molar-refractivity contribution in [3.63, 3.8) is 0 Å². The molecule has 4 heterocycles. The van der Waals surface area contributed by atoms with Crippen molar-refractivity contribution < 1.29 is 17.9 Å². The number of carbonyl (C=O) groups excluding carboxylic acids is 1. The maximum atomic E-state index is 12.7. The number of likely N-dealkylation sites (tertiary alicyclic amines) is 1. The molecule has 0 saturated carbocycles. The fourth-order valence-corrected chi connectivity index (χ4v) is 4.80. The van der Waals surface area contributed by atoms with Gasteiger partial charge < -0.3 is 14.5 Å². The van der Waals surface area contributed by atoms with Crippen molar-refractivity contribution in [2.45, 2.75) is 30.6 Å². The Bertz CT molecular complexity index is 1020. The fourth-order valence-electron chi connectivity index (χ4n) is 3.96. The molecule has 2 aliphatic heterocycles. The summed E-state index contributed by atoms with van der Waals surface area (Å²) < 4.78 is 30.1. The van der Waals surface area contributed by atoms with Crippen molar-refractivity contribution in [1.29, 1.82) is 0 Å². The first kappa shape index (κ1) is 20.7. The molecule has 1 N–H and O–H groups in total. The van der Waals surface area contributed by atoms with Gasteiger partial charge in [0.2, 0.25) is 5.95 Å². The van der Waals surface area contributed by atoms with Crippen molar-refractivity contribution in [3.05, 3.63) is 29.3 Å². The number of hydrogen-bond acceptors (Lipinski definition) is 8. The van der Waals surface area contributed by atoms with Crippen molar-refractivity contribution in [3.8, 4) is 0 Å². The number of aromatic nitrogens is 4. The van der Waals surface area contributed by atoms with Crippen molar-refractivity contribution >= 4 is 21.7 Å². The molecular weight excluding hydrogens is 408 g/mol. The smallest absolute Gasteiger partial charge is 0.257 e. The summed E-state index contributed by atoms with van der Waals surface area (Å²) in [5.41, 5.74) is 1.87. The van der Waals surface area contributed by atoms with Crippen LogP contribution in [-0.4, -0.2) is 85.0 Å². The van der Waals surface area contributed by atoms with Gasteiger partial charge in [-0.2, -0.15) is 5.10 Å². The maximum Gasteiger partial charge on any atom is 0.257 e. The molecule has 162 valence electrons. The first-order valence-corrected chi connectivity index (χ1v) is 11.9. The minimum Gasteiger partial charge on any atom is -0.378 e. The van der Waals surface area contributed by atoms with Gasteiger partial charge in [0.15, 0.2) is 9.84 Å². The van der Waals surface area contributed by atoms with Gasteiger partial charge in [0.05, 0.1) is 36.9 Å². The summed E-state index contributed by atoms with van der Waals surface area (Å²) in [6.45, 7) is 5.44. The van der Waals surface area contributed by atoms with Crippen LogP contribution in [0.5, 0.6) is 0 Å². The summed E-state index contributed by atoms with van der Waals surface area (Å²) in [5.74, 6) is 0.431. The number of nitrogens with one attached hydrogen (secondary N) is 1. The summed E-state index contributed by atoms with van der Waals surface area (Å²) in [6, 6.07) is 0. The predicted octanol–water partition coefficient (Wildman–Crippen LogP) is 0.768. The third-order valence-electron chi connectivity index (χ3n) is 5.69. The minimum atomic E-state index is -3.46. The molecule has 0 unspecified atom stereocenters. The lowest BCUT2D eigenvalue weighted by Gasteiger charge is -2.33. The van der Waals surface area contributed by atoms with E-state index in [2.05, 4.69) is 20.2 Å². The van der Waals surface area contributed by atoms with E-state index in [4.69, 9.17) is 4.74 Å². The number of H-pyrrole nitrogens is 1. The third kappa shape index (κ3) is 4.17. The largest absolute Gasteiger partial charge is 0.378 e. The van der Waals surface area contributed by atoms with E-state index in [0.717, 1.165) is 5.69 Å². The highest BCUT2D eigenvalue weighted by Crippen LogP contribution is 2.32. The van der Waals surface area contributed by atoms with E-state index >= 15 is 0 Å². The molecule has 2 saturated heterocycles. The number of sulfone groups is 1. The molecule has 0 spiro atoms. The number of piperidine rings is 1. The van der Waals surface area contributed by atoms with E-state index < -0.39 is 9.84 Å². The van der Waals surface area contributed by atoms with Crippen molar-refractivity contribution in [1.82, 2.24) is 25.1 Å². The monoisotopic (exact) mass is 434 g/mol. The maximum absolute atomic E-state index is 12.7. The minimum absolute atomic E-state index is 0.0491. The number of anilines is 1. The summed E-state index contributed by atoms with van der Waals surface area (Å²) in [7, 11) is -3.46. The highest BCUT2D eigenvalue weighted by atomic mass is 32.2. The van der Waals surface area contributed by atoms with E-state index in [1.165, 1.54) is 12.5 Å². The second kappa shape index (κ2) is 8.31. The second-order valence-electron chi connectivity index (χ2n) is 7.77. The molecule has 30 heavy (non-hydrogen) atoms. The van der Waals surface area contributed by atoms with Crippen LogP contribution >= 0.6 is 0 Å². The Morgan fingerprint density at radius 1 is 1.17 bits per heavy atom. The van der Waals surface area contributed by atoms with Crippen LogP contribution in [0.1, 0.15) is 40.5 Å². The zero-order chi connectivity index (χ0) is 21.3. The van der Waals surface area contributed by atoms with Crippen LogP contribution in [-0.2, 0) is 14.6 Å². The number of aryl methyl sites for hydroxylation is 1. The SMILES string of the molecule is Cc1[nH]ncc1C(=O)N1CCC(c2nc(N3CCOCC3)ncc2S(C)(=O)=O)CC1. The van der Waals surface area contributed by atoms with Crippen LogP contribution in [0.25, 0.3) is 0 Å². The van der Waals surface area contributed by atoms with Gasteiger partial charge in [-0.15, -0.1) is 0 Å². The Balaban J connectivity index is 1.55. The molecule has 2 aromatic heterocycles. The average Bonchev–Trinajstić information content (AvgIpc) is 3.19. The fraction of sp³-hybridized carbons (Fsp3) is 0.579. The molecule has 0 bridgehead atoms. The van der Waals surface area contributed by atoms with Crippen molar-refractivity contribution in [2.75, 3.05) is 50.5 Å². The molecule has 2 aliphatic rings. The molecule has 1 amide bonds. The lowest BCUT2D eigenvalue weighted by molar-refractivity contribution is 0.0710. The third-order valence-corrected chi connectivity index (χ3v) is 6.81. The molecular formula is C19H26N6O4S. The number of hydrogen-bond donors (Lipinski definition) is 1. The van der Waals surface area contributed by atoms with E-state index in [0.29, 0.717) is 69.4 Å². The molecule has 0 atom stereocenters. The van der Waals surface area contributed by atoms with E-state index in [1.807, 2.05) is 11.8 Å². The first-order valence-electron chi connectivity index (χ1n) is 10.0. The van der Waals surface area contributed by atoms with Crippen LogP contribution in [0.4, 0.5) is 5.95 Å². The Labute approximate surface area is 175 Å². The Morgan fingerprint density at radius 3 is 2.47 bits per heavy atom. The standard InChI is InChI=1S/C19H26N6O4S/c1-13-15(11-21-23-13)18(26)24-5-3-14(4-6-24)17-16(30(2,27)28)12-20-19(22-17)25-7-9-29-10-8-25/h11-12,14H,3-10H2,1-2H3,(H,21,23). The first-order chi connectivity index (χ1) is 14.3. The molecule has 10 nitrogen and oxygen atoms in total. The lowest BCUT2D eigenvalue weighted by atomic mass is 9.93. The number of rotatable bonds is 4. The summed E-state index contributed by atoms with van der Waals surface area (Å²) >= 11 is 0. The van der Waals surface area contributed by atoms with Gasteiger partial charge in [0, 0.05) is 44.0 Å². The molecule has 11 heteroatoms. The van der Waals surface area contributed by atoms with Crippen LogP contribution < -0.4 is 4.90 Å². The number of nitrogens with zero attached hydrogens (tertiary/aromatic N) is 5. The quantitative estimate of drug-likeness (QED) is 0.749. The number of ether oxygens (including phenoxy) is 1. The topological polar surface area (TPSA) is 121 Å². The zero-order valence-electron chi connectivity index (χ0n) is 17.2. The number of amides is 1.